The van der Waals surface area contributed by atoms with E-state index in [2.05, 4.69) is 10.6 Å². The van der Waals surface area contributed by atoms with Crippen molar-refractivity contribution in [3.8, 4) is 0 Å². The van der Waals surface area contributed by atoms with E-state index in [1.54, 1.807) is 29.2 Å². The summed E-state index contributed by atoms with van der Waals surface area (Å²) in [5, 5.41) is 6.31. The van der Waals surface area contributed by atoms with Gasteiger partial charge in [0.2, 0.25) is 5.91 Å². The van der Waals surface area contributed by atoms with E-state index in [-0.39, 0.29) is 18.0 Å². The fourth-order valence-electron chi connectivity index (χ4n) is 2.80. The van der Waals surface area contributed by atoms with E-state index in [0.29, 0.717) is 24.5 Å². The first-order valence-corrected chi connectivity index (χ1v) is 8.55. The van der Waals surface area contributed by atoms with Crippen LogP contribution in [-0.2, 0) is 11.3 Å². The third-order valence-corrected chi connectivity index (χ3v) is 4.42. The molecule has 0 bridgehead atoms. The van der Waals surface area contributed by atoms with Crippen molar-refractivity contribution in [1.82, 2.24) is 10.6 Å². The van der Waals surface area contributed by atoms with Crippen molar-refractivity contribution < 1.29 is 9.59 Å². The highest BCUT2D eigenvalue weighted by molar-refractivity contribution is 6.30. The summed E-state index contributed by atoms with van der Waals surface area (Å²) in [5.74, 6) is -0.00819. The number of nitrogens with one attached hydrogen (secondary N) is 2. The lowest BCUT2D eigenvalue weighted by Gasteiger charge is -2.17. The van der Waals surface area contributed by atoms with Crippen molar-refractivity contribution >= 4 is 29.2 Å². The summed E-state index contributed by atoms with van der Waals surface area (Å²) < 4.78 is 0. The molecule has 0 saturated carbocycles. The van der Waals surface area contributed by atoms with Crippen molar-refractivity contribution in [3.63, 3.8) is 0 Å². The van der Waals surface area contributed by atoms with Crippen LogP contribution in [0.25, 0.3) is 0 Å². The average Bonchev–Trinajstić information content (AvgIpc) is 2.95. The molecule has 1 heterocycles. The molecule has 2 aromatic carbocycles. The summed E-state index contributed by atoms with van der Waals surface area (Å²) in [7, 11) is 0. The van der Waals surface area contributed by atoms with Crippen LogP contribution in [0.15, 0.2) is 48.5 Å². The number of carbonyl (C=O) groups excluding carboxylic acids is 2. The Kier molecular flexibility index (Phi) is 5.24. The zero-order valence-electron chi connectivity index (χ0n) is 14.0. The number of urea groups is 1. The van der Waals surface area contributed by atoms with E-state index in [4.69, 9.17) is 11.6 Å². The summed E-state index contributed by atoms with van der Waals surface area (Å²) in [6.45, 7) is 2.93. The van der Waals surface area contributed by atoms with Gasteiger partial charge in [-0.15, -0.1) is 0 Å². The Balaban J connectivity index is 1.51. The molecule has 1 aliphatic heterocycles. The van der Waals surface area contributed by atoms with Crippen LogP contribution in [0.5, 0.6) is 0 Å². The molecule has 2 aromatic rings. The van der Waals surface area contributed by atoms with Gasteiger partial charge in [-0.1, -0.05) is 41.4 Å². The number of aryl methyl sites for hydroxylation is 1. The van der Waals surface area contributed by atoms with E-state index in [0.717, 1.165) is 11.3 Å². The number of rotatable bonds is 4. The Bertz CT molecular complexity index is 759. The second-order valence-corrected chi connectivity index (χ2v) is 6.63. The highest BCUT2D eigenvalue weighted by atomic mass is 35.5. The smallest absolute Gasteiger partial charge is 0.315 e. The van der Waals surface area contributed by atoms with Gasteiger partial charge in [-0.25, -0.2) is 4.79 Å². The number of benzene rings is 2. The largest absolute Gasteiger partial charge is 0.334 e. The Morgan fingerprint density at radius 2 is 1.84 bits per heavy atom. The maximum Gasteiger partial charge on any atom is 0.315 e. The Morgan fingerprint density at radius 3 is 2.52 bits per heavy atom. The minimum atomic E-state index is -0.267. The first-order chi connectivity index (χ1) is 12.0. The first-order valence-electron chi connectivity index (χ1n) is 8.17. The quantitative estimate of drug-likeness (QED) is 0.882. The average molecular weight is 358 g/mol. The normalized spacial score (nSPS) is 16.8. The fraction of sp³-hybridized carbons (Fsp3) is 0.263. The molecular weight excluding hydrogens is 338 g/mol. The molecule has 130 valence electrons. The molecule has 3 rings (SSSR count). The number of amides is 3. The maximum atomic E-state index is 12.2. The van der Waals surface area contributed by atoms with Gasteiger partial charge >= 0.3 is 6.03 Å². The minimum Gasteiger partial charge on any atom is -0.334 e. The van der Waals surface area contributed by atoms with Crippen molar-refractivity contribution in [3.05, 3.63) is 64.7 Å². The summed E-state index contributed by atoms with van der Waals surface area (Å²) in [6, 6.07) is 14.6. The fourth-order valence-corrected chi connectivity index (χ4v) is 2.93. The lowest BCUT2D eigenvalue weighted by molar-refractivity contribution is -0.117. The first kappa shape index (κ1) is 17.3. The van der Waals surface area contributed by atoms with E-state index in [1.165, 1.54) is 5.56 Å². The Hall–Kier alpha value is -2.53. The molecular formula is C19H20ClN3O2. The van der Waals surface area contributed by atoms with Gasteiger partial charge in [0.05, 0.1) is 6.04 Å². The Labute approximate surface area is 152 Å². The van der Waals surface area contributed by atoms with E-state index in [9.17, 15) is 9.59 Å². The number of nitrogens with zero attached hydrogens (tertiary/aromatic N) is 1. The van der Waals surface area contributed by atoms with Crippen LogP contribution in [0.2, 0.25) is 5.02 Å². The molecule has 0 spiro atoms. The van der Waals surface area contributed by atoms with Crippen LogP contribution in [0.4, 0.5) is 10.5 Å². The molecule has 0 aromatic heterocycles. The summed E-state index contributed by atoms with van der Waals surface area (Å²) in [5.41, 5.74) is 3.00. The topological polar surface area (TPSA) is 61.4 Å². The molecule has 1 atom stereocenters. The van der Waals surface area contributed by atoms with Gasteiger partial charge < -0.3 is 15.5 Å². The molecule has 6 heteroatoms. The van der Waals surface area contributed by atoms with Gasteiger partial charge in [0, 0.05) is 30.2 Å². The van der Waals surface area contributed by atoms with Gasteiger partial charge in [0.25, 0.3) is 0 Å². The summed E-state index contributed by atoms with van der Waals surface area (Å²) >= 11 is 5.88. The molecule has 0 aliphatic carbocycles. The van der Waals surface area contributed by atoms with E-state index >= 15 is 0 Å². The van der Waals surface area contributed by atoms with E-state index in [1.807, 2.05) is 31.2 Å². The molecule has 1 saturated heterocycles. The highest BCUT2D eigenvalue weighted by Crippen LogP contribution is 2.23. The predicted octanol–water partition coefficient (Wildman–Crippen LogP) is 3.25. The van der Waals surface area contributed by atoms with Crippen LogP contribution in [0, 0.1) is 6.92 Å². The number of halogens is 1. The molecule has 1 fully saturated rings. The van der Waals surface area contributed by atoms with Gasteiger partial charge in [0.15, 0.2) is 0 Å². The second kappa shape index (κ2) is 7.57. The van der Waals surface area contributed by atoms with Gasteiger partial charge in [-0.3, -0.25) is 4.79 Å². The lowest BCUT2D eigenvalue weighted by atomic mass is 10.1. The number of carbonyl (C=O) groups is 2. The summed E-state index contributed by atoms with van der Waals surface area (Å²) in [4.78, 5) is 25.9. The summed E-state index contributed by atoms with van der Waals surface area (Å²) in [6.07, 6.45) is 0.292. The van der Waals surface area contributed by atoms with Crippen molar-refractivity contribution in [2.24, 2.45) is 0 Å². The molecule has 5 nitrogen and oxygen atoms in total. The lowest BCUT2D eigenvalue weighted by Crippen LogP contribution is -2.43. The zero-order chi connectivity index (χ0) is 17.8. The van der Waals surface area contributed by atoms with Gasteiger partial charge in [-0.2, -0.15) is 0 Å². The van der Waals surface area contributed by atoms with E-state index < -0.39 is 0 Å². The number of anilines is 1. The molecule has 2 N–H and O–H groups in total. The van der Waals surface area contributed by atoms with Gasteiger partial charge in [-0.05, 0) is 36.8 Å². The Morgan fingerprint density at radius 1 is 1.16 bits per heavy atom. The SMILES string of the molecule is Cc1ccc(CNC(=O)NC2CC(=O)N(c3ccc(Cl)cc3)C2)cc1. The van der Waals surface area contributed by atoms with Crippen LogP contribution < -0.4 is 15.5 Å². The molecule has 1 aliphatic rings. The van der Waals surface area contributed by atoms with Crippen molar-refractivity contribution in [2.45, 2.75) is 25.9 Å². The standard InChI is InChI=1S/C19H20ClN3O2/c1-13-2-4-14(5-3-13)11-21-19(25)22-16-10-18(24)23(12-16)17-8-6-15(20)7-9-17/h2-9,16H,10-12H2,1H3,(H2,21,22,25). The molecule has 25 heavy (non-hydrogen) atoms. The third-order valence-electron chi connectivity index (χ3n) is 4.17. The maximum absolute atomic E-state index is 12.2. The van der Waals surface area contributed by atoms with Crippen molar-refractivity contribution in [1.29, 1.82) is 0 Å². The molecule has 3 amide bonds. The van der Waals surface area contributed by atoms with Crippen LogP contribution in [0.3, 0.4) is 0 Å². The predicted molar refractivity (Wildman–Crippen MR) is 98.8 cm³/mol. The van der Waals surface area contributed by atoms with Gasteiger partial charge in [0.1, 0.15) is 0 Å². The second-order valence-electron chi connectivity index (χ2n) is 6.19. The van der Waals surface area contributed by atoms with Crippen LogP contribution in [-0.4, -0.2) is 24.5 Å². The van der Waals surface area contributed by atoms with Crippen LogP contribution in [0.1, 0.15) is 17.5 Å². The zero-order valence-corrected chi connectivity index (χ0v) is 14.7. The van der Waals surface area contributed by atoms with Crippen LogP contribution >= 0.6 is 11.6 Å². The molecule has 0 radical (unpaired) electrons. The number of hydrogen-bond donors (Lipinski definition) is 2. The number of hydrogen-bond acceptors (Lipinski definition) is 2. The molecule has 1 unspecified atom stereocenters. The van der Waals surface area contributed by atoms with Crippen molar-refractivity contribution in [2.75, 3.05) is 11.4 Å². The third kappa shape index (κ3) is 4.51. The monoisotopic (exact) mass is 357 g/mol. The minimum absolute atomic E-state index is 0.00819. The highest BCUT2D eigenvalue weighted by Gasteiger charge is 2.31.